The van der Waals surface area contributed by atoms with Crippen LogP contribution in [0.15, 0.2) is 12.1 Å². The summed E-state index contributed by atoms with van der Waals surface area (Å²) in [6, 6.07) is 2.89. The van der Waals surface area contributed by atoms with Gasteiger partial charge in [0, 0.05) is 4.88 Å². The molecular formula is C12H10ClN3O2S. The van der Waals surface area contributed by atoms with E-state index in [0.29, 0.717) is 5.13 Å². The molecule has 19 heavy (non-hydrogen) atoms. The highest BCUT2D eigenvalue weighted by atomic mass is 35.5. The zero-order valence-corrected chi connectivity index (χ0v) is 11.4. The monoisotopic (exact) mass is 295 g/mol. The van der Waals surface area contributed by atoms with E-state index < -0.39 is 5.97 Å². The molecule has 98 valence electrons. The molecular weight excluding hydrogens is 286 g/mol. The first-order valence-corrected chi connectivity index (χ1v) is 6.98. The van der Waals surface area contributed by atoms with Crippen molar-refractivity contribution in [1.82, 2.24) is 9.97 Å². The number of fused-ring (bicyclic) bond motifs is 1. The molecule has 0 aromatic carbocycles. The number of halogens is 1. The van der Waals surface area contributed by atoms with E-state index in [4.69, 9.17) is 16.7 Å². The average Bonchev–Trinajstić information content (AvgIpc) is 2.89. The van der Waals surface area contributed by atoms with Crippen LogP contribution in [0.2, 0.25) is 5.15 Å². The molecule has 0 bridgehead atoms. The summed E-state index contributed by atoms with van der Waals surface area (Å²) in [7, 11) is 0. The average molecular weight is 296 g/mol. The Kier molecular flexibility index (Phi) is 3.12. The second-order valence-corrected chi connectivity index (χ2v) is 5.67. The first kappa shape index (κ1) is 12.4. The van der Waals surface area contributed by atoms with E-state index in [9.17, 15) is 4.79 Å². The van der Waals surface area contributed by atoms with E-state index in [1.165, 1.54) is 17.0 Å². The Balaban J connectivity index is 1.93. The molecule has 2 heterocycles. The quantitative estimate of drug-likeness (QED) is 0.851. The SMILES string of the molecule is O=C(O)c1ccc(Cl)nc1Nc1nc2c(s1)CCC2. The second kappa shape index (κ2) is 4.79. The van der Waals surface area contributed by atoms with Gasteiger partial charge in [0.25, 0.3) is 0 Å². The molecule has 1 aliphatic carbocycles. The molecule has 5 nitrogen and oxygen atoms in total. The van der Waals surface area contributed by atoms with Gasteiger partial charge in [-0.25, -0.2) is 14.8 Å². The van der Waals surface area contributed by atoms with Gasteiger partial charge in [0.15, 0.2) is 5.13 Å². The van der Waals surface area contributed by atoms with E-state index in [1.807, 2.05) is 0 Å². The number of anilines is 2. The number of pyridine rings is 1. The molecule has 2 aromatic heterocycles. The van der Waals surface area contributed by atoms with Crippen molar-refractivity contribution >= 4 is 39.9 Å². The third-order valence-electron chi connectivity index (χ3n) is 2.91. The van der Waals surface area contributed by atoms with Gasteiger partial charge in [-0.2, -0.15) is 0 Å². The Labute approximate surface area is 118 Å². The van der Waals surface area contributed by atoms with Crippen molar-refractivity contribution in [3.8, 4) is 0 Å². The van der Waals surface area contributed by atoms with Crippen molar-refractivity contribution in [2.45, 2.75) is 19.3 Å². The van der Waals surface area contributed by atoms with Crippen LogP contribution in [-0.2, 0) is 12.8 Å². The van der Waals surface area contributed by atoms with Gasteiger partial charge in [-0.05, 0) is 31.4 Å². The number of nitrogens with one attached hydrogen (secondary N) is 1. The van der Waals surface area contributed by atoms with E-state index >= 15 is 0 Å². The Morgan fingerprint density at radius 2 is 2.21 bits per heavy atom. The minimum Gasteiger partial charge on any atom is -0.478 e. The van der Waals surface area contributed by atoms with E-state index in [0.717, 1.165) is 25.0 Å². The van der Waals surface area contributed by atoms with Gasteiger partial charge >= 0.3 is 5.97 Å². The van der Waals surface area contributed by atoms with Gasteiger partial charge in [0.1, 0.15) is 16.5 Å². The molecule has 0 amide bonds. The van der Waals surface area contributed by atoms with Gasteiger partial charge in [0.05, 0.1) is 5.69 Å². The van der Waals surface area contributed by atoms with Crippen LogP contribution >= 0.6 is 22.9 Å². The minimum absolute atomic E-state index is 0.0831. The first-order chi connectivity index (χ1) is 9.13. The Morgan fingerprint density at radius 1 is 1.37 bits per heavy atom. The predicted octanol–water partition coefficient (Wildman–Crippen LogP) is 3.12. The molecule has 3 rings (SSSR count). The first-order valence-electron chi connectivity index (χ1n) is 5.79. The Morgan fingerprint density at radius 3 is 2.95 bits per heavy atom. The van der Waals surface area contributed by atoms with Gasteiger partial charge in [-0.3, -0.25) is 0 Å². The van der Waals surface area contributed by atoms with E-state index in [2.05, 4.69) is 15.3 Å². The van der Waals surface area contributed by atoms with Gasteiger partial charge in [0.2, 0.25) is 0 Å². The molecule has 0 atom stereocenters. The number of thiazole rings is 1. The highest BCUT2D eigenvalue weighted by Crippen LogP contribution is 2.32. The van der Waals surface area contributed by atoms with Crippen molar-refractivity contribution in [1.29, 1.82) is 0 Å². The summed E-state index contributed by atoms with van der Waals surface area (Å²) in [5, 5.41) is 13.0. The lowest BCUT2D eigenvalue weighted by molar-refractivity contribution is 0.0697. The van der Waals surface area contributed by atoms with Crippen LogP contribution in [0.3, 0.4) is 0 Å². The summed E-state index contributed by atoms with van der Waals surface area (Å²) in [6.07, 6.45) is 3.18. The molecule has 0 fully saturated rings. The fourth-order valence-electron chi connectivity index (χ4n) is 2.05. The van der Waals surface area contributed by atoms with Crippen molar-refractivity contribution in [3.63, 3.8) is 0 Å². The molecule has 2 aromatic rings. The maximum absolute atomic E-state index is 11.1. The minimum atomic E-state index is -1.05. The molecule has 0 saturated carbocycles. The largest absolute Gasteiger partial charge is 0.478 e. The van der Waals surface area contributed by atoms with Crippen LogP contribution in [0.1, 0.15) is 27.3 Å². The molecule has 0 unspecified atom stereocenters. The molecule has 7 heteroatoms. The lowest BCUT2D eigenvalue weighted by Crippen LogP contribution is -2.04. The molecule has 0 saturated heterocycles. The summed E-state index contributed by atoms with van der Waals surface area (Å²) >= 11 is 7.35. The molecule has 0 aliphatic heterocycles. The Bertz CT molecular complexity index is 635. The molecule has 2 N–H and O–H groups in total. The summed E-state index contributed by atoms with van der Waals surface area (Å²) in [6.45, 7) is 0. The van der Waals surface area contributed by atoms with Crippen LogP contribution in [0.25, 0.3) is 0 Å². The summed E-state index contributed by atoms with van der Waals surface area (Å²) in [5.41, 5.74) is 1.19. The number of aryl methyl sites for hydroxylation is 2. The van der Waals surface area contributed by atoms with Crippen molar-refractivity contribution in [2.24, 2.45) is 0 Å². The highest BCUT2D eigenvalue weighted by Gasteiger charge is 2.19. The fourth-order valence-corrected chi connectivity index (χ4v) is 3.24. The Hall–Kier alpha value is -1.66. The molecule has 0 spiro atoms. The van der Waals surface area contributed by atoms with Crippen LogP contribution in [0, 0.1) is 0 Å². The lowest BCUT2D eigenvalue weighted by Gasteiger charge is -2.06. The second-order valence-electron chi connectivity index (χ2n) is 4.20. The third-order valence-corrected chi connectivity index (χ3v) is 4.20. The van der Waals surface area contributed by atoms with Gasteiger partial charge < -0.3 is 10.4 Å². The normalized spacial score (nSPS) is 13.3. The van der Waals surface area contributed by atoms with E-state index in [1.54, 1.807) is 11.3 Å². The summed E-state index contributed by atoms with van der Waals surface area (Å²) in [4.78, 5) is 20.8. The van der Waals surface area contributed by atoms with Crippen molar-refractivity contribution in [2.75, 3.05) is 5.32 Å². The van der Waals surface area contributed by atoms with Gasteiger partial charge in [-0.1, -0.05) is 11.6 Å². The topological polar surface area (TPSA) is 75.1 Å². The summed E-state index contributed by atoms with van der Waals surface area (Å²) in [5.74, 6) is -0.816. The molecule has 0 radical (unpaired) electrons. The maximum atomic E-state index is 11.1. The standard InChI is InChI=1S/C12H10ClN3O2S/c13-9-5-4-6(11(17)18)10(15-9)16-12-14-7-2-1-3-8(7)19-12/h4-5H,1-3H2,(H,17,18)(H,14,15,16). The van der Waals surface area contributed by atoms with Crippen LogP contribution in [0.5, 0.6) is 0 Å². The number of aromatic nitrogens is 2. The number of carboxylic acid groups (broad SMARTS) is 1. The van der Waals surface area contributed by atoms with Crippen LogP contribution in [0.4, 0.5) is 10.9 Å². The highest BCUT2D eigenvalue weighted by molar-refractivity contribution is 7.15. The zero-order chi connectivity index (χ0) is 13.4. The smallest absolute Gasteiger partial charge is 0.339 e. The number of carboxylic acids is 1. The van der Waals surface area contributed by atoms with Crippen LogP contribution in [-0.4, -0.2) is 21.0 Å². The zero-order valence-electron chi connectivity index (χ0n) is 9.81. The summed E-state index contributed by atoms with van der Waals surface area (Å²) < 4.78 is 0. The lowest BCUT2D eigenvalue weighted by atomic mass is 10.2. The number of aromatic carboxylic acids is 1. The number of carbonyl (C=O) groups is 1. The fraction of sp³-hybridized carbons (Fsp3) is 0.250. The van der Waals surface area contributed by atoms with E-state index in [-0.39, 0.29) is 16.5 Å². The van der Waals surface area contributed by atoms with Gasteiger partial charge in [-0.15, -0.1) is 11.3 Å². The predicted molar refractivity (Wildman–Crippen MR) is 73.6 cm³/mol. The number of rotatable bonds is 3. The van der Waals surface area contributed by atoms with Crippen molar-refractivity contribution in [3.05, 3.63) is 33.4 Å². The third kappa shape index (κ3) is 2.41. The molecule has 1 aliphatic rings. The van der Waals surface area contributed by atoms with Crippen LogP contribution < -0.4 is 5.32 Å². The number of hydrogen-bond acceptors (Lipinski definition) is 5. The van der Waals surface area contributed by atoms with Crippen molar-refractivity contribution < 1.29 is 9.90 Å². The number of nitrogens with zero attached hydrogens (tertiary/aromatic N) is 2. The maximum Gasteiger partial charge on any atom is 0.339 e. The number of hydrogen-bond donors (Lipinski definition) is 2.